The molecule has 4 heteroatoms. The Morgan fingerprint density at radius 2 is 1.95 bits per heavy atom. The van der Waals surface area contributed by atoms with Crippen molar-refractivity contribution >= 4 is 5.82 Å². The van der Waals surface area contributed by atoms with Gasteiger partial charge in [-0.1, -0.05) is 31.2 Å². The number of hydrogen-bond donors (Lipinski definition) is 1. The molecule has 3 nitrogen and oxygen atoms in total. The number of rotatable bonds is 5. The van der Waals surface area contributed by atoms with Crippen LogP contribution in [0.4, 0.5) is 10.2 Å². The largest absolute Gasteiger partial charge is 0.348 e. The highest BCUT2D eigenvalue weighted by molar-refractivity contribution is 5.52. The lowest BCUT2D eigenvalue weighted by atomic mass is 10.1. The fourth-order valence-corrected chi connectivity index (χ4v) is 2.77. The first kappa shape index (κ1) is 14.0. The highest BCUT2D eigenvalue weighted by atomic mass is 19.1. The van der Waals surface area contributed by atoms with Crippen molar-refractivity contribution in [1.82, 2.24) is 10.3 Å². The monoisotopic (exact) mass is 285 g/mol. The Bertz CT molecular complexity index is 602. The fraction of sp³-hybridized carbons (Fsp3) is 0.353. The number of pyridine rings is 1. The van der Waals surface area contributed by atoms with Gasteiger partial charge in [0.1, 0.15) is 11.6 Å². The second-order valence-electron chi connectivity index (χ2n) is 5.44. The topological polar surface area (TPSA) is 28.2 Å². The maximum atomic E-state index is 13.5. The van der Waals surface area contributed by atoms with Crippen molar-refractivity contribution in [3.8, 4) is 0 Å². The second kappa shape index (κ2) is 6.22. The van der Waals surface area contributed by atoms with E-state index in [0.29, 0.717) is 6.54 Å². The van der Waals surface area contributed by atoms with Crippen molar-refractivity contribution in [2.45, 2.75) is 33.0 Å². The molecule has 1 aliphatic rings. The van der Waals surface area contributed by atoms with Crippen molar-refractivity contribution in [1.29, 1.82) is 0 Å². The van der Waals surface area contributed by atoms with Crippen LogP contribution in [0.5, 0.6) is 0 Å². The third-order valence-electron chi connectivity index (χ3n) is 3.79. The molecule has 2 aromatic rings. The first-order valence-corrected chi connectivity index (χ1v) is 7.45. The van der Waals surface area contributed by atoms with E-state index in [9.17, 15) is 4.39 Å². The van der Waals surface area contributed by atoms with E-state index in [1.165, 1.54) is 17.3 Å². The molecule has 0 spiro atoms. The second-order valence-corrected chi connectivity index (χ2v) is 5.44. The standard InChI is InChI=1S/C17H20FN3/c1-2-7-19-9-15-8-16(18)10-20-17(15)21-11-13-5-3-4-6-14(13)12-21/h3-6,8,10,19H,2,7,9,11-12H2,1H3. The molecule has 1 aromatic carbocycles. The third-order valence-corrected chi connectivity index (χ3v) is 3.79. The molecule has 0 amide bonds. The lowest BCUT2D eigenvalue weighted by Crippen LogP contribution is -2.21. The molecule has 0 bridgehead atoms. The van der Waals surface area contributed by atoms with E-state index in [0.717, 1.165) is 37.4 Å². The lowest BCUT2D eigenvalue weighted by molar-refractivity contribution is 0.609. The van der Waals surface area contributed by atoms with Crippen LogP contribution >= 0.6 is 0 Å². The van der Waals surface area contributed by atoms with E-state index in [-0.39, 0.29) is 5.82 Å². The Morgan fingerprint density at radius 3 is 2.62 bits per heavy atom. The zero-order valence-corrected chi connectivity index (χ0v) is 12.3. The molecule has 0 fully saturated rings. The summed E-state index contributed by atoms with van der Waals surface area (Å²) in [5.41, 5.74) is 3.59. The SMILES string of the molecule is CCCNCc1cc(F)cnc1N1Cc2ccccc2C1. The van der Waals surface area contributed by atoms with Gasteiger partial charge in [0, 0.05) is 25.2 Å². The molecule has 110 valence electrons. The van der Waals surface area contributed by atoms with Crippen molar-refractivity contribution in [3.63, 3.8) is 0 Å². The number of halogens is 1. The van der Waals surface area contributed by atoms with Gasteiger partial charge >= 0.3 is 0 Å². The molecule has 0 atom stereocenters. The normalized spacial score (nSPS) is 13.5. The third kappa shape index (κ3) is 3.05. The van der Waals surface area contributed by atoms with E-state index in [2.05, 4.69) is 46.4 Å². The van der Waals surface area contributed by atoms with Crippen LogP contribution in [-0.4, -0.2) is 11.5 Å². The fourth-order valence-electron chi connectivity index (χ4n) is 2.77. The van der Waals surface area contributed by atoms with Gasteiger partial charge in [-0.15, -0.1) is 0 Å². The maximum absolute atomic E-state index is 13.5. The highest BCUT2D eigenvalue weighted by Crippen LogP contribution is 2.29. The Hall–Kier alpha value is -1.94. The number of nitrogens with zero attached hydrogens (tertiary/aromatic N) is 2. The predicted molar refractivity (Wildman–Crippen MR) is 82.5 cm³/mol. The molecule has 1 N–H and O–H groups in total. The molecule has 1 aliphatic heterocycles. The summed E-state index contributed by atoms with van der Waals surface area (Å²) >= 11 is 0. The summed E-state index contributed by atoms with van der Waals surface area (Å²) < 4.78 is 13.5. The number of benzene rings is 1. The summed E-state index contributed by atoms with van der Waals surface area (Å²) in [6.07, 6.45) is 2.37. The van der Waals surface area contributed by atoms with Crippen LogP contribution in [0, 0.1) is 5.82 Å². The summed E-state index contributed by atoms with van der Waals surface area (Å²) in [7, 11) is 0. The van der Waals surface area contributed by atoms with Gasteiger partial charge in [-0.05, 0) is 30.2 Å². The first-order chi connectivity index (χ1) is 10.3. The molecular formula is C17H20FN3. The Morgan fingerprint density at radius 1 is 1.24 bits per heavy atom. The van der Waals surface area contributed by atoms with Crippen molar-refractivity contribution in [2.75, 3.05) is 11.4 Å². The van der Waals surface area contributed by atoms with Gasteiger partial charge in [0.25, 0.3) is 0 Å². The van der Waals surface area contributed by atoms with Crippen molar-refractivity contribution in [2.24, 2.45) is 0 Å². The van der Waals surface area contributed by atoms with E-state index in [4.69, 9.17) is 0 Å². The van der Waals surface area contributed by atoms with Crippen LogP contribution in [0.2, 0.25) is 0 Å². The minimum atomic E-state index is -0.274. The van der Waals surface area contributed by atoms with Crippen LogP contribution in [-0.2, 0) is 19.6 Å². The van der Waals surface area contributed by atoms with Crippen LogP contribution in [0.3, 0.4) is 0 Å². The highest BCUT2D eigenvalue weighted by Gasteiger charge is 2.21. The molecule has 2 heterocycles. The Balaban J connectivity index is 1.82. The molecule has 0 aliphatic carbocycles. The van der Waals surface area contributed by atoms with E-state index in [1.807, 2.05) is 0 Å². The van der Waals surface area contributed by atoms with Gasteiger partial charge in [-0.3, -0.25) is 0 Å². The first-order valence-electron chi connectivity index (χ1n) is 7.45. The predicted octanol–water partition coefficient (Wildman–Crippen LogP) is 3.24. The molecular weight excluding hydrogens is 265 g/mol. The molecule has 0 radical (unpaired) electrons. The number of hydrogen-bond acceptors (Lipinski definition) is 3. The number of aromatic nitrogens is 1. The summed E-state index contributed by atoms with van der Waals surface area (Å²) in [4.78, 5) is 6.55. The average Bonchev–Trinajstić information content (AvgIpc) is 2.91. The molecule has 0 saturated heterocycles. The molecule has 21 heavy (non-hydrogen) atoms. The van der Waals surface area contributed by atoms with Crippen LogP contribution in [0.25, 0.3) is 0 Å². The number of fused-ring (bicyclic) bond motifs is 1. The smallest absolute Gasteiger partial charge is 0.141 e. The van der Waals surface area contributed by atoms with Crippen LogP contribution in [0.1, 0.15) is 30.0 Å². The number of anilines is 1. The van der Waals surface area contributed by atoms with Gasteiger partial charge in [0.05, 0.1) is 6.20 Å². The molecule has 3 rings (SSSR count). The van der Waals surface area contributed by atoms with Gasteiger partial charge < -0.3 is 10.2 Å². The Labute approximate surface area is 124 Å². The lowest BCUT2D eigenvalue weighted by Gasteiger charge is -2.20. The van der Waals surface area contributed by atoms with Crippen molar-refractivity contribution < 1.29 is 4.39 Å². The van der Waals surface area contributed by atoms with E-state index >= 15 is 0 Å². The van der Waals surface area contributed by atoms with Gasteiger partial charge in [0.2, 0.25) is 0 Å². The summed E-state index contributed by atoms with van der Waals surface area (Å²) in [6, 6.07) is 10.0. The minimum Gasteiger partial charge on any atom is -0.348 e. The average molecular weight is 285 g/mol. The summed E-state index contributed by atoms with van der Waals surface area (Å²) in [6.45, 7) is 5.39. The van der Waals surface area contributed by atoms with Gasteiger partial charge in [-0.25, -0.2) is 9.37 Å². The molecule has 1 aromatic heterocycles. The quantitative estimate of drug-likeness (QED) is 0.855. The number of nitrogens with one attached hydrogen (secondary N) is 1. The van der Waals surface area contributed by atoms with Crippen molar-refractivity contribution in [3.05, 3.63) is 59.0 Å². The zero-order valence-electron chi connectivity index (χ0n) is 12.3. The van der Waals surface area contributed by atoms with E-state index < -0.39 is 0 Å². The van der Waals surface area contributed by atoms with Crippen LogP contribution in [0.15, 0.2) is 36.5 Å². The van der Waals surface area contributed by atoms with E-state index in [1.54, 1.807) is 6.07 Å². The minimum absolute atomic E-state index is 0.274. The van der Waals surface area contributed by atoms with Crippen LogP contribution < -0.4 is 10.2 Å². The molecule has 0 unspecified atom stereocenters. The Kier molecular flexibility index (Phi) is 4.15. The zero-order chi connectivity index (χ0) is 14.7. The maximum Gasteiger partial charge on any atom is 0.141 e. The van der Waals surface area contributed by atoms with Gasteiger partial charge in [0.15, 0.2) is 0 Å². The molecule has 0 saturated carbocycles. The summed E-state index contributed by atoms with van der Waals surface area (Å²) in [5, 5.41) is 3.33. The summed E-state index contributed by atoms with van der Waals surface area (Å²) in [5.74, 6) is 0.611. The van der Waals surface area contributed by atoms with Gasteiger partial charge in [-0.2, -0.15) is 0 Å².